The average molecular weight is 414 g/mol. The number of carbonyl (C=O) groups excluding carboxylic acids is 2. The van der Waals surface area contributed by atoms with Gasteiger partial charge in [-0.05, 0) is 48.4 Å². The zero-order valence-electron chi connectivity index (χ0n) is 17.8. The number of benzene rings is 3. The molecule has 0 radical (unpaired) electrons. The summed E-state index contributed by atoms with van der Waals surface area (Å²) < 4.78 is 0. The van der Waals surface area contributed by atoms with Crippen molar-refractivity contribution in [3.8, 4) is 0 Å². The minimum absolute atomic E-state index is 0.0204. The summed E-state index contributed by atoms with van der Waals surface area (Å²) in [6.07, 6.45) is 0. The molecule has 0 atom stereocenters. The highest BCUT2D eigenvalue weighted by Crippen LogP contribution is 2.18. The Morgan fingerprint density at radius 1 is 0.839 bits per heavy atom. The number of anilines is 1. The summed E-state index contributed by atoms with van der Waals surface area (Å²) >= 11 is 0. The van der Waals surface area contributed by atoms with Crippen molar-refractivity contribution in [1.82, 2.24) is 10.2 Å². The van der Waals surface area contributed by atoms with E-state index in [1.807, 2.05) is 66.4 Å². The molecule has 3 aromatic carbocycles. The van der Waals surface area contributed by atoms with Crippen molar-refractivity contribution in [2.24, 2.45) is 0 Å². The van der Waals surface area contributed by atoms with E-state index < -0.39 is 0 Å². The molecule has 0 spiro atoms. The van der Waals surface area contributed by atoms with Crippen LogP contribution in [0.3, 0.4) is 0 Å². The molecule has 0 unspecified atom stereocenters. The molecule has 1 aliphatic rings. The van der Waals surface area contributed by atoms with Gasteiger partial charge < -0.3 is 15.1 Å². The molecule has 5 heteroatoms. The van der Waals surface area contributed by atoms with E-state index in [0.29, 0.717) is 30.8 Å². The fourth-order valence-corrected chi connectivity index (χ4v) is 3.91. The number of aryl methyl sites for hydroxylation is 1. The Balaban J connectivity index is 1.36. The van der Waals surface area contributed by atoms with Crippen molar-refractivity contribution in [1.29, 1.82) is 0 Å². The van der Waals surface area contributed by atoms with Gasteiger partial charge >= 0.3 is 0 Å². The third-order valence-corrected chi connectivity index (χ3v) is 5.70. The highest BCUT2D eigenvalue weighted by atomic mass is 16.2. The molecule has 31 heavy (non-hydrogen) atoms. The molecule has 4 rings (SSSR count). The van der Waals surface area contributed by atoms with E-state index in [0.717, 1.165) is 24.2 Å². The normalized spacial score (nSPS) is 13.7. The highest BCUT2D eigenvalue weighted by molar-refractivity contribution is 5.99. The number of para-hydroxylation sites is 1. The summed E-state index contributed by atoms with van der Waals surface area (Å²) in [6.45, 7) is 5.36. The molecule has 0 bridgehead atoms. The Morgan fingerprint density at radius 2 is 1.48 bits per heavy atom. The van der Waals surface area contributed by atoms with Gasteiger partial charge in [0.1, 0.15) is 0 Å². The Hall–Kier alpha value is -3.60. The van der Waals surface area contributed by atoms with Gasteiger partial charge in [-0.1, -0.05) is 48.5 Å². The molecule has 2 amide bonds. The zero-order chi connectivity index (χ0) is 21.6. The van der Waals surface area contributed by atoms with Crippen molar-refractivity contribution in [2.45, 2.75) is 13.5 Å². The first-order chi connectivity index (χ1) is 15.1. The van der Waals surface area contributed by atoms with E-state index in [1.54, 1.807) is 12.1 Å². The second-order valence-corrected chi connectivity index (χ2v) is 7.81. The lowest BCUT2D eigenvalue weighted by atomic mass is 10.0. The molecule has 1 aliphatic heterocycles. The van der Waals surface area contributed by atoms with Crippen molar-refractivity contribution >= 4 is 17.5 Å². The number of carbonyl (C=O) groups is 2. The zero-order valence-corrected chi connectivity index (χ0v) is 17.8. The van der Waals surface area contributed by atoms with Gasteiger partial charge in [0.25, 0.3) is 11.8 Å². The second-order valence-electron chi connectivity index (χ2n) is 7.81. The number of amides is 2. The Bertz CT molecular complexity index is 1040. The van der Waals surface area contributed by atoms with E-state index in [2.05, 4.69) is 22.3 Å². The van der Waals surface area contributed by atoms with Gasteiger partial charge in [-0.15, -0.1) is 0 Å². The summed E-state index contributed by atoms with van der Waals surface area (Å²) in [6, 6.07) is 25.4. The number of hydrogen-bond donors (Lipinski definition) is 1. The second kappa shape index (κ2) is 9.47. The largest absolute Gasteiger partial charge is 0.368 e. The number of nitrogens with zero attached hydrogens (tertiary/aromatic N) is 2. The Kier molecular flexibility index (Phi) is 6.32. The molecule has 1 fully saturated rings. The van der Waals surface area contributed by atoms with Crippen LogP contribution < -0.4 is 10.2 Å². The number of nitrogens with one attached hydrogen (secondary N) is 1. The minimum atomic E-state index is -0.128. The van der Waals surface area contributed by atoms with Gasteiger partial charge in [-0.3, -0.25) is 9.59 Å². The summed E-state index contributed by atoms with van der Waals surface area (Å²) in [4.78, 5) is 29.8. The molecule has 158 valence electrons. The standard InChI is InChI=1S/C26H27N3O2/c1-20-18-22(12-13-24(20)25(30)27-19-21-8-4-2-5-9-21)26(31)29-16-14-28(15-17-29)23-10-6-3-7-11-23/h2-13,18H,14-17,19H2,1H3,(H,27,30). The van der Waals surface area contributed by atoms with Crippen molar-refractivity contribution in [3.63, 3.8) is 0 Å². The predicted octanol–water partition coefficient (Wildman–Crippen LogP) is 3.89. The topological polar surface area (TPSA) is 52.7 Å². The van der Waals surface area contributed by atoms with Gasteiger partial charge in [0.15, 0.2) is 0 Å². The van der Waals surface area contributed by atoms with Crippen LogP contribution in [0.1, 0.15) is 31.8 Å². The lowest BCUT2D eigenvalue weighted by Crippen LogP contribution is -2.48. The van der Waals surface area contributed by atoms with E-state index in [4.69, 9.17) is 0 Å². The van der Waals surface area contributed by atoms with Gasteiger partial charge in [0.05, 0.1) is 0 Å². The third-order valence-electron chi connectivity index (χ3n) is 5.70. The van der Waals surface area contributed by atoms with E-state index in [9.17, 15) is 9.59 Å². The Morgan fingerprint density at radius 3 is 2.13 bits per heavy atom. The van der Waals surface area contributed by atoms with E-state index in [1.165, 1.54) is 5.69 Å². The molecule has 0 aromatic heterocycles. The van der Waals surface area contributed by atoms with E-state index in [-0.39, 0.29) is 11.8 Å². The summed E-state index contributed by atoms with van der Waals surface area (Å²) in [5, 5.41) is 2.95. The quantitative estimate of drug-likeness (QED) is 0.691. The summed E-state index contributed by atoms with van der Waals surface area (Å²) in [5.41, 5.74) is 4.28. The monoisotopic (exact) mass is 413 g/mol. The van der Waals surface area contributed by atoms with E-state index >= 15 is 0 Å². The SMILES string of the molecule is Cc1cc(C(=O)N2CCN(c3ccccc3)CC2)ccc1C(=O)NCc1ccccc1. The molecule has 0 aliphatic carbocycles. The first kappa shape index (κ1) is 20.7. The summed E-state index contributed by atoms with van der Waals surface area (Å²) in [7, 11) is 0. The van der Waals surface area contributed by atoms with Crippen LogP contribution in [0.25, 0.3) is 0 Å². The van der Waals surface area contributed by atoms with Crippen LogP contribution in [-0.2, 0) is 6.54 Å². The van der Waals surface area contributed by atoms with Crippen LogP contribution in [-0.4, -0.2) is 42.9 Å². The number of rotatable bonds is 5. The van der Waals surface area contributed by atoms with Crippen molar-refractivity contribution < 1.29 is 9.59 Å². The maximum Gasteiger partial charge on any atom is 0.253 e. The van der Waals surface area contributed by atoms with Gasteiger partial charge in [0, 0.05) is 49.5 Å². The highest BCUT2D eigenvalue weighted by Gasteiger charge is 2.23. The van der Waals surface area contributed by atoms with Crippen LogP contribution in [0.5, 0.6) is 0 Å². The van der Waals surface area contributed by atoms with Crippen LogP contribution >= 0.6 is 0 Å². The smallest absolute Gasteiger partial charge is 0.253 e. The molecule has 5 nitrogen and oxygen atoms in total. The molecular formula is C26H27N3O2. The fraction of sp³-hybridized carbons (Fsp3) is 0.231. The minimum Gasteiger partial charge on any atom is -0.368 e. The first-order valence-electron chi connectivity index (χ1n) is 10.6. The lowest BCUT2D eigenvalue weighted by molar-refractivity contribution is 0.0746. The molecule has 0 saturated carbocycles. The molecule has 1 heterocycles. The first-order valence-corrected chi connectivity index (χ1v) is 10.6. The third kappa shape index (κ3) is 4.94. The number of hydrogen-bond acceptors (Lipinski definition) is 3. The predicted molar refractivity (Wildman–Crippen MR) is 123 cm³/mol. The maximum atomic E-state index is 13.0. The number of piperazine rings is 1. The Labute approximate surface area is 183 Å². The van der Waals surface area contributed by atoms with Crippen LogP contribution in [0.4, 0.5) is 5.69 Å². The van der Waals surface area contributed by atoms with Crippen molar-refractivity contribution in [2.75, 3.05) is 31.1 Å². The molecule has 1 saturated heterocycles. The molecular weight excluding hydrogens is 386 g/mol. The average Bonchev–Trinajstić information content (AvgIpc) is 2.83. The maximum absolute atomic E-state index is 13.0. The van der Waals surface area contributed by atoms with Gasteiger partial charge in [-0.25, -0.2) is 0 Å². The lowest BCUT2D eigenvalue weighted by Gasteiger charge is -2.36. The van der Waals surface area contributed by atoms with Crippen LogP contribution in [0, 0.1) is 6.92 Å². The fourth-order valence-electron chi connectivity index (χ4n) is 3.91. The summed E-state index contributed by atoms with van der Waals surface area (Å²) in [5.74, 6) is -0.108. The molecule has 3 aromatic rings. The van der Waals surface area contributed by atoms with Crippen molar-refractivity contribution in [3.05, 3.63) is 101 Å². The van der Waals surface area contributed by atoms with Gasteiger partial charge in [-0.2, -0.15) is 0 Å². The van der Waals surface area contributed by atoms with Crippen LogP contribution in [0.2, 0.25) is 0 Å². The molecule has 1 N–H and O–H groups in total. The van der Waals surface area contributed by atoms with Crippen LogP contribution in [0.15, 0.2) is 78.9 Å². The van der Waals surface area contributed by atoms with Gasteiger partial charge in [0.2, 0.25) is 0 Å².